The molecule has 28 heavy (non-hydrogen) atoms. The molecule has 0 atom stereocenters. The number of carbonyl (C=O) groups excluding carboxylic acids is 1. The summed E-state index contributed by atoms with van der Waals surface area (Å²) in [4.78, 5) is 12.3. The van der Waals surface area contributed by atoms with Crippen LogP contribution < -0.4 is 10.1 Å². The predicted octanol–water partition coefficient (Wildman–Crippen LogP) is 4.18. The third-order valence-electron chi connectivity index (χ3n) is 4.04. The smallest absolute Gasteiger partial charge is 0.234 e. The molecule has 1 heterocycles. The molecule has 0 saturated heterocycles. The highest BCUT2D eigenvalue weighted by molar-refractivity contribution is 7.99. The van der Waals surface area contributed by atoms with Crippen molar-refractivity contribution >= 4 is 23.4 Å². The summed E-state index contributed by atoms with van der Waals surface area (Å²) in [6.07, 6.45) is 1.78. The number of ether oxygens (including phenoxy) is 1. The largest absolute Gasteiger partial charge is 0.496 e. The summed E-state index contributed by atoms with van der Waals surface area (Å²) in [6.45, 7) is 6.35. The fourth-order valence-corrected chi connectivity index (χ4v) is 3.43. The van der Waals surface area contributed by atoms with Gasteiger partial charge in [-0.05, 0) is 31.2 Å². The number of thioether (sulfide) groups is 1. The van der Waals surface area contributed by atoms with Crippen LogP contribution in [0.1, 0.15) is 5.56 Å². The van der Waals surface area contributed by atoms with E-state index in [1.54, 1.807) is 13.2 Å². The van der Waals surface area contributed by atoms with E-state index in [4.69, 9.17) is 4.74 Å². The van der Waals surface area contributed by atoms with Crippen molar-refractivity contribution in [3.8, 4) is 17.1 Å². The van der Waals surface area contributed by atoms with Crippen LogP contribution in [0, 0.1) is 6.92 Å². The van der Waals surface area contributed by atoms with Crippen LogP contribution in [-0.2, 0) is 11.3 Å². The Balaban J connectivity index is 1.75. The Bertz CT molecular complexity index is 967. The average molecular weight is 395 g/mol. The van der Waals surface area contributed by atoms with Gasteiger partial charge in [0.15, 0.2) is 11.0 Å². The van der Waals surface area contributed by atoms with Crippen LogP contribution in [0.15, 0.2) is 66.3 Å². The third-order valence-corrected chi connectivity index (χ3v) is 5.01. The number of carbonyl (C=O) groups is 1. The number of para-hydroxylation sites is 1. The molecule has 7 heteroatoms. The zero-order valence-electron chi connectivity index (χ0n) is 15.9. The molecule has 2 aromatic carbocycles. The second-order valence-electron chi connectivity index (χ2n) is 6.11. The van der Waals surface area contributed by atoms with Crippen molar-refractivity contribution in [3.05, 3.63) is 66.7 Å². The van der Waals surface area contributed by atoms with Crippen molar-refractivity contribution in [1.29, 1.82) is 0 Å². The lowest BCUT2D eigenvalue weighted by Crippen LogP contribution is -2.14. The van der Waals surface area contributed by atoms with Gasteiger partial charge < -0.3 is 10.1 Å². The second kappa shape index (κ2) is 9.23. The Morgan fingerprint density at radius 3 is 2.68 bits per heavy atom. The fourth-order valence-electron chi connectivity index (χ4n) is 2.68. The number of hydrogen-bond donors (Lipinski definition) is 1. The number of methoxy groups -OCH3 is 1. The summed E-state index contributed by atoms with van der Waals surface area (Å²) in [7, 11) is 1.62. The van der Waals surface area contributed by atoms with E-state index >= 15 is 0 Å². The molecule has 0 radical (unpaired) electrons. The Morgan fingerprint density at radius 2 is 1.96 bits per heavy atom. The highest BCUT2D eigenvalue weighted by atomic mass is 32.2. The Labute approximate surface area is 168 Å². The minimum atomic E-state index is -0.0964. The second-order valence-corrected chi connectivity index (χ2v) is 7.05. The van der Waals surface area contributed by atoms with Gasteiger partial charge in [-0.3, -0.25) is 9.36 Å². The van der Waals surface area contributed by atoms with E-state index in [1.807, 2.05) is 60.0 Å². The number of nitrogens with zero attached hydrogens (tertiary/aromatic N) is 3. The number of anilines is 1. The normalized spacial score (nSPS) is 10.5. The van der Waals surface area contributed by atoms with E-state index in [2.05, 4.69) is 22.1 Å². The number of allylic oxidation sites excluding steroid dienone is 1. The quantitative estimate of drug-likeness (QED) is 0.458. The van der Waals surface area contributed by atoms with Crippen LogP contribution in [0.5, 0.6) is 5.75 Å². The molecule has 6 nitrogen and oxygen atoms in total. The Hall–Kier alpha value is -3.06. The molecule has 0 spiro atoms. The van der Waals surface area contributed by atoms with Gasteiger partial charge in [-0.15, -0.1) is 16.8 Å². The van der Waals surface area contributed by atoms with Crippen LogP contribution in [0.25, 0.3) is 11.4 Å². The number of aryl methyl sites for hydroxylation is 1. The summed E-state index contributed by atoms with van der Waals surface area (Å²) >= 11 is 1.34. The van der Waals surface area contributed by atoms with Crippen LogP contribution in [0.2, 0.25) is 0 Å². The van der Waals surface area contributed by atoms with Crippen molar-refractivity contribution in [2.45, 2.75) is 18.6 Å². The molecule has 0 unspecified atom stereocenters. The van der Waals surface area contributed by atoms with Crippen molar-refractivity contribution in [1.82, 2.24) is 14.8 Å². The first-order valence-corrected chi connectivity index (χ1v) is 9.77. The summed E-state index contributed by atoms with van der Waals surface area (Å²) < 4.78 is 7.36. The molecular weight excluding hydrogens is 372 g/mol. The zero-order valence-corrected chi connectivity index (χ0v) is 16.7. The van der Waals surface area contributed by atoms with Gasteiger partial charge in [0.05, 0.1) is 18.4 Å². The lowest BCUT2D eigenvalue weighted by Gasteiger charge is -2.10. The van der Waals surface area contributed by atoms with Crippen molar-refractivity contribution in [2.75, 3.05) is 18.2 Å². The first-order chi connectivity index (χ1) is 13.6. The topological polar surface area (TPSA) is 69.0 Å². The van der Waals surface area contributed by atoms with Gasteiger partial charge in [-0.1, -0.05) is 47.7 Å². The molecule has 3 rings (SSSR count). The number of amides is 1. The molecule has 0 aliphatic carbocycles. The summed E-state index contributed by atoms with van der Waals surface area (Å²) in [5, 5.41) is 12.1. The predicted molar refractivity (Wildman–Crippen MR) is 113 cm³/mol. The van der Waals surface area contributed by atoms with Crippen LogP contribution in [0.3, 0.4) is 0 Å². The minimum absolute atomic E-state index is 0.0964. The number of rotatable bonds is 8. The molecule has 0 aliphatic heterocycles. The van der Waals surface area contributed by atoms with Gasteiger partial charge in [-0.25, -0.2) is 0 Å². The van der Waals surface area contributed by atoms with E-state index in [9.17, 15) is 4.79 Å². The van der Waals surface area contributed by atoms with E-state index < -0.39 is 0 Å². The van der Waals surface area contributed by atoms with Gasteiger partial charge in [-0.2, -0.15) is 0 Å². The number of hydrogen-bond acceptors (Lipinski definition) is 5. The molecule has 1 aromatic heterocycles. The van der Waals surface area contributed by atoms with E-state index in [0.29, 0.717) is 23.3 Å². The molecule has 144 valence electrons. The van der Waals surface area contributed by atoms with Gasteiger partial charge in [0.2, 0.25) is 5.91 Å². The monoisotopic (exact) mass is 394 g/mol. The minimum Gasteiger partial charge on any atom is -0.496 e. The Kier molecular flexibility index (Phi) is 6.49. The maximum atomic E-state index is 12.3. The number of nitrogens with one attached hydrogen (secondary N) is 1. The highest BCUT2D eigenvalue weighted by Crippen LogP contribution is 2.30. The maximum absolute atomic E-state index is 12.3. The summed E-state index contributed by atoms with van der Waals surface area (Å²) in [6, 6.07) is 15.3. The molecule has 1 amide bonds. The maximum Gasteiger partial charge on any atom is 0.234 e. The first-order valence-electron chi connectivity index (χ1n) is 8.79. The van der Waals surface area contributed by atoms with Crippen molar-refractivity contribution in [3.63, 3.8) is 0 Å². The van der Waals surface area contributed by atoms with Crippen molar-refractivity contribution < 1.29 is 9.53 Å². The fraction of sp³-hybridized carbons (Fsp3) is 0.190. The molecule has 0 saturated carbocycles. The summed E-state index contributed by atoms with van der Waals surface area (Å²) in [5.41, 5.74) is 2.77. The van der Waals surface area contributed by atoms with Crippen LogP contribution in [0.4, 0.5) is 5.69 Å². The molecule has 1 N–H and O–H groups in total. The van der Waals surface area contributed by atoms with E-state index in [-0.39, 0.29) is 11.7 Å². The van der Waals surface area contributed by atoms with E-state index in [0.717, 1.165) is 16.8 Å². The average Bonchev–Trinajstić information content (AvgIpc) is 3.11. The first kappa shape index (κ1) is 19.7. The lowest BCUT2D eigenvalue weighted by molar-refractivity contribution is -0.113. The van der Waals surface area contributed by atoms with Crippen LogP contribution in [-0.4, -0.2) is 33.5 Å². The zero-order chi connectivity index (χ0) is 19.9. The highest BCUT2D eigenvalue weighted by Gasteiger charge is 2.17. The number of aromatic nitrogens is 3. The van der Waals surface area contributed by atoms with Gasteiger partial charge >= 0.3 is 0 Å². The van der Waals surface area contributed by atoms with Gasteiger partial charge in [0, 0.05) is 12.2 Å². The van der Waals surface area contributed by atoms with Crippen LogP contribution >= 0.6 is 11.8 Å². The molecular formula is C21H22N4O2S. The third kappa shape index (κ3) is 4.61. The van der Waals surface area contributed by atoms with Gasteiger partial charge in [0.25, 0.3) is 0 Å². The summed E-state index contributed by atoms with van der Waals surface area (Å²) in [5.74, 6) is 1.53. The Morgan fingerprint density at radius 1 is 1.21 bits per heavy atom. The SMILES string of the molecule is C=CCn1c(SCC(=O)Nc2ccc(C)cc2)nnc1-c1ccccc1OC. The standard InChI is InChI=1S/C21H22N4O2S/c1-4-13-25-20(17-7-5-6-8-18(17)27-3)23-24-21(25)28-14-19(26)22-16-11-9-15(2)10-12-16/h4-12H,1,13-14H2,2-3H3,(H,22,26). The molecule has 0 bridgehead atoms. The molecule has 3 aromatic rings. The molecule has 0 fully saturated rings. The van der Waals surface area contributed by atoms with Gasteiger partial charge in [0.1, 0.15) is 5.75 Å². The number of benzene rings is 2. The molecule has 0 aliphatic rings. The lowest BCUT2D eigenvalue weighted by atomic mass is 10.2. The van der Waals surface area contributed by atoms with E-state index in [1.165, 1.54) is 11.8 Å². The van der Waals surface area contributed by atoms with Crippen molar-refractivity contribution in [2.24, 2.45) is 0 Å².